The van der Waals surface area contributed by atoms with Crippen molar-refractivity contribution in [2.24, 2.45) is 0 Å². The Morgan fingerprint density at radius 1 is 0.889 bits per heavy atom. The summed E-state index contributed by atoms with van der Waals surface area (Å²) in [5.41, 5.74) is 1.04. The summed E-state index contributed by atoms with van der Waals surface area (Å²) in [5, 5.41) is 5.84. The summed E-state index contributed by atoms with van der Waals surface area (Å²) < 4.78 is 39.1. The molecule has 0 aromatic heterocycles. The maximum absolute atomic E-state index is 13.0. The molecule has 0 bridgehead atoms. The summed E-state index contributed by atoms with van der Waals surface area (Å²) in [6, 6.07) is 20.4. The topological polar surface area (TPSA) is 12.0 Å². The van der Waals surface area contributed by atoms with Gasteiger partial charge in [-0.3, -0.25) is 0 Å². The summed E-state index contributed by atoms with van der Waals surface area (Å²) in [6.07, 6.45) is -3.23. The molecular weight excluding hydrogens is 371 g/mol. The number of alkyl halides is 3. The first-order valence-electron chi connectivity index (χ1n) is 8.83. The minimum atomic E-state index is -4.29. The highest BCUT2D eigenvalue weighted by atomic mass is 35.5. The van der Waals surface area contributed by atoms with Crippen LogP contribution in [0.3, 0.4) is 0 Å². The maximum Gasteiger partial charge on any atom is 0.416 e. The van der Waals surface area contributed by atoms with Gasteiger partial charge in [-0.2, -0.15) is 13.2 Å². The van der Waals surface area contributed by atoms with Crippen LogP contribution >= 0.6 is 12.4 Å². The van der Waals surface area contributed by atoms with E-state index in [0.717, 1.165) is 6.07 Å². The van der Waals surface area contributed by atoms with Gasteiger partial charge in [0.25, 0.3) is 0 Å². The summed E-state index contributed by atoms with van der Waals surface area (Å²) in [5.74, 6) is 0. The van der Waals surface area contributed by atoms with Crippen LogP contribution in [0.25, 0.3) is 10.8 Å². The first-order chi connectivity index (χ1) is 12.5. The number of halogens is 4. The standard InChI is InChI=1S/C22H22F3N.ClH/c1-16(19-13-6-10-17-8-2-4-12-20(17)19)26-15-7-11-18-9-3-5-14-21(18)22(23,24)25;/h2-6,8-10,12-14,16,26H,7,11,15H2,1H3;1H/t16-;/m0./s1. The molecular formula is C22H23ClF3N. The molecule has 0 saturated heterocycles. The Labute approximate surface area is 164 Å². The fourth-order valence-corrected chi connectivity index (χ4v) is 3.35. The Bertz CT molecular complexity index is 871. The molecule has 0 saturated carbocycles. The number of aryl methyl sites for hydroxylation is 1. The van der Waals surface area contributed by atoms with Gasteiger partial charge in [0, 0.05) is 6.04 Å². The smallest absolute Gasteiger partial charge is 0.310 e. The molecule has 27 heavy (non-hydrogen) atoms. The Morgan fingerprint density at radius 2 is 1.56 bits per heavy atom. The average Bonchev–Trinajstić information content (AvgIpc) is 2.64. The van der Waals surface area contributed by atoms with E-state index in [4.69, 9.17) is 0 Å². The second-order valence-electron chi connectivity index (χ2n) is 6.50. The molecule has 144 valence electrons. The van der Waals surface area contributed by atoms with E-state index in [-0.39, 0.29) is 18.4 Å². The second kappa shape index (κ2) is 9.25. The van der Waals surface area contributed by atoms with Crippen LogP contribution in [0.5, 0.6) is 0 Å². The Morgan fingerprint density at radius 3 is 2.33 bits per heavy atom. The van der Waals surface area contributed by atoms with E-state index in [0.29, 0.717) is 24.9 Å². The highest BCUT2D eigenvalue weighted by Crippen LogP contribution is 2.32. The number of hydrogen-bond acceptors (Lipinski definition) is 1. The van der Waals surface area contributed by atoms with E-state index in [9.17, 15) is 13.2 Å². The minimum absolute atomic E-state index is 0. The van der Waals surface area contributed by atoms with Crippen molar-refractivity contribution in [1.82, 2.24) is 5.32 Å². The predicted octanol–water partition coefficient (Wildman–Crippen LogP) is 6.56. The number of benzene rings is 3. The molecule has 3 aromatic rings. The molecule has 0 fully saturated rings. The van der Waals surface area contributed by atoms with Crippen molar-refractivity contribution in [2.75, 3.05) is 6.54 Å². The van der Waals surface area contributed by atoms with Gasteiger partial charge in [0.05, 0.1) is 5.56 Å². The fraction of sp³-hybridized carbons (Fsp3) is 0.273. The van der Waals surface area contributed by atoms with E-state index in [2.05, 4.69) is 36.5 Å². The van der Waals surface area contributed by atoms with Gasteiger partial charge in [0.15, 0.2) is 0 Å². The van der Waals surface area contributed by atoms with Crippen molar-refractivity contribution in [3.63, 3.8) is 0 Å². The third kappa shape index (κ3) is 5.24. The fourth-order valence-electron chi connectivity index (χ4n) is 3.35. The molecule has 0 amide bonds. The van der Waals surface area contributed by atoms with E-state index >= 15 is 0 Å². The predicted molar refractivity (Wildman–Crippen MR) is 107 cm³/mol. The Hall–Kier alpha value is -2.04. The van der Waals surface area contributed by atoms with Gasteiger partial charge in [0.2, 0.25) is 0 Å². The molecule has 5 heteroatoms. The van der Waals surface area contributed by atoms with Crippen LogP contribution in [-0.4, -0.2) is 6.54 Å². The van der Waals surface area contributed by atoms with Gasteiger partial charge in [-0.15, -0.1) is 12.4 Å². The van der Waals surface area contributed by atoms with Gasteiger partial charge in [0.1, 0.15) is 0 Å². The lowest BCUT2D eigenvalue weighted by Gasteiger charge is -2.17. The lowest BCUT2D eigenvalue weighted by Crippen LogP contribution is -2.21. The molecule has 0 radical (unpaired) electrons. The molecule has 1 N–H and O–H groups in total. The number of nitrogens with one attached hydrogen (secondary N) is 1. The van der Waals surface area contributed by atoms with Crippen molar-refractivity contribution >= 4 is 23.2 Å². The molecule has 0 aliphatic heterocycles. The van der Waals surface area contributed by atoms with Crippen molar-refractivity contribution in [2.45, 2.75) is 32.0 Å². The molecule has 1 nitrogen and oxygen atoms in total. The third-order valence-electron chi connectivity index (χ3n) is 4.69. The zero-order chi connectivity index (χ0) is 18.6. The molecule has 0 aliphatic carbocycles. The summed E-state index contributed by atoms with van der Waals surface area (Å²) in [6.45, 7) is 2.75. The highest BCUT2D eigenvalue weighted by molar-refractivity contribution is 5.86. The minimum Gasteiger partial charge on any atom is -0.310 e. The van der Waals surface area contributed by atoms with E-state index in [1.54, 1.807) is 12.1 Å². The lowest BCUT2D eigenvalue weighted by molar-refractivity contribution is -0.138. The van der Waals surface area contributed by atoms with Crippen LogP contribution in [0.2, 0.25) is 0 Å². The van der Waals surface area contributed by atoms with Gasteiger partial charge >= 0.3 is 6.18 Å². The van der Waals surface area contributed by atoms with Crippen LogP contribution in [0.4, 0.5) is 13.2 Å². The zero-order valence-electron chi connectivity index (χ0n) is 15.1. The van der Waals surface area contributed by atoms with Crippen LogP contribution < -0.4 is 5.32 Å². The monoisotopic (exact) mass is 393 g/mol. The first kappa shape index (κ1) is 21.3. The van der Waals surface area contributed by atoms with Gasteiger partial charge in [-0.1, -0.05) is 60.7 Å². The summed E-state index contributed by atoms with van der Waals surface area (Å²) in [7, 11) is 0. The summed E-state index contributed by atoms with van der Waals surface area (Å²) in [4.78, 5) is 0. The second-order valence-corrected chi connectivity index (χ2v) is 6.50. The van der Waals surface area contributed by atoms with Gasteiger partial charge in [-0.05, 0) is 54.3 Å². The molecule has 0 heterocycles. The quantitative estimate of drug-likeness (QED) is 0.467. The Balaban J connectivity index is 0.00000261. The van der Waals surface area contributed by atoms with Crippen molar-refractivity contribution in [1.29, 1.82) is 0 Å². The molecule has 1 atom stereocenters. The van der Waals surface area contributed by atoms with E-state index < -0.39 is 11.7 Å². The molecule has 3 aromatic carbocycles. The Kier molecular flexibility index (Phi) is 7.28. The van der Waals surface area contributed by atoms with E-state index in [1.807, 2.05) is 18.2 Å². The maximum atomic E-state index is 13.0. The molecule has 0 unspecified atom stereocenters. The third-order valence-corrected chi connectivity index (χ3v) is 4.69. The van der Waals surface area contributed by atoms with Gasteiger partial charge < -0.3 is 5.32 Å². The lowest BCUT2D eigenvalue weighted by atomic mass is 9.99. The van der Waals surface area contributed by atoms with Crippen molar-refractivity contribution in [3.05, 3.63) is 83.4 Å². The molecule has 3 rings (SSSR count). The van der Waals surface area contributed by atoms with E-state index in [1.165, 1.54) is 22.4 Å². The van der Waals surface area contributed by atoms with Gasteiger partial charge in [-0.25, -0.2) is 0 Å². The molecule has 0 spiro atoms. The zero-order valence-corrected chi connectivity index (χ0v) is 15.9. The largest absolute Gasteiger partial charge is 0.416 e. The molecule has 0 aliphatic rings. The highest BCUT2D eigenvalue weighted by Gasteiger charge is 2.32. The van der Waals surface area contributed by atoms with Crippen molar-refractivity contribution in [3.8, 4) is 0 Å². The first-order valence-corrected chi connectivity index (χ1v) is 8.83. The number of fused-ring (bicyclic) bond motifs is 1. The summed E-state index contributed by atoms with van der Waals surface area (Å²) >= 11 is 0. The van der Waals surface area contributed by atoms with Crippen LogP contribution in [0, 0.1) is 0 Å². The normalized spacial score (nSPS) is 12.6. The SMILES string of the molecule is C[C@H](NCCCc1ccccc1C(F)(F)F)c1cccc2ccccc12.Cl. The number of hydrogen-bond donors (Lipinski definition) is 1. The van der Waals surface area contributed by atoms with Crippen LogP contribution in [0.1, 0.15) is 36.1 Å². The van der Waals surface area contributed by atoms with Crippen LogP contribution in [-0.2, 0) is 12.6 Å². The van der Waals surface area contributed by atoms with Crippen molar-refractivity contribution < 1.29 is 13.2 Å². The number of rotatable bonds is 6. The van der Waals surface area contributed by atoms with Crippen LogP contribution in [0.15, 0.2) is 66.7 Å². The average molecular weight is 394 g/mol.